The van der Waals surface area contributed by atoms with Gasteiger partial charge in [-0.2, -0.15) is 0 Å². The van der Waals surface area contributed by atoms with Crippen LogP contribution in [0.25, 0.3) is 97.8 Å². The van der Waals surface area contributed by atoms with Gasteiger partial charge in [0.15, 0.2) is 5.82 Å². The summed E-state index contributed by atoms with van der Waals surface area (Å²) in [6.45, 7) is 6.56. The average molecular weight is 670 g/mol. The van der Waals surface area contributed by atoms with Crippen LogP contribution in [0.3, 0.4) is 0 Å². The van der Waals surface area contributed by atoms with E-state index in [0.29, 0.717) is 11.2 Å². The zero-order valence-electron chi connectivity index (χ0n) is 28.0. The second kappa shape index (κ2) is 11.6. The molecule has 0 aliphatic rings. The second-order valence-corrected chi connectivity index (χ2v) is 14.3. The number of para-hydroxylation sites is 1. The lowest BCUT2D eigenvalue weighted by molar-refractivity contribution is 1.15. The van der Waals surface area contributed by atoms with E-state index in [9.17, 15) is 0 Å². The average Bonchev–Trinajstić information content (AvgIpc) is 3.72. The normalized spacial score (nSPS) is 11.7. The first kappa shape index (κ1) is 29.5. The van der Waals surface area contributed by atoms with E-state index in [-0.39, 0.29) is 0 Å². The van der Waals surface area contributed by atoms with Crippen molar-refractivity contribution < 1.29 is 0 Å². The third-order valence-corrected chi connectivity index (χ3v) is 11.2. The highest BCUT2D eigenvalue weighted by atomic mass is 32.1. The molecule has 0 aliphatic heterocycles. The van der Waals surface area contributed by atoms with Gasteiger partial charge in [0.1, 0.15) is 0 Å². The summed E-state index contributed by atoms with van der Waals surface area (Å²) < 4.78 is 4.88. The number of thiophene rings is 1. The number of hydrogen-bond donors (Lipinski definition) is 0. The molecule has 8 bridgehead atoms. The van der Waals surface area contributed by atoms with Crippen LogP contribution >= 0.6 is 11.3 Å². The van der Waals surface area contributed by atoms with E-state index >= 15 is 0 Å². The van der Waals surface area contributed by atoms with Gasteiger partial charge in [0.05, 0.1) is 16.4 Å². The standard InChI is InChI=1S/C47H31N3S/c1-29-31-10-7-12-33(24-31)35-14-9-15-38(26-35)50-43-18-5-3-16-39(43)40-22-20-36(27-44(40)50)34-13-8-11-32(25-34)30(2)49-47(48-29)37-21-23-42-41-17-4-6-19-45(41)51-46(42)28-37/h3-28H,2H2,1H3. The first-order chi connectivity index (χ1) is 25.1. The summed E-state index contributed by atoms with van der Waals surface area (Å²) in [4.78, 5) is 10.4. The number of aryl methyl sites for hydroxylation is 1. The van der Waals surface area contributed by atoms with Crippen molar-refractivity contribution >= 4 is 97.7 Å². The van der Waals surface area contributed by atoms with E-state index in [4.69, 9.17) is 9.97 Å². The molecule has 0 amide bonds. The zero-order chi connectivity index (χ0) is 34.1. The molecule has 3 heterocycles. The van der Waals surface area contributed by atoms with Gasteiger partial charge in [-0.05, 0) is 82.4 Å². The molecular weight excluding hydrogens is 639 g/mol. The molecule has 51 heavy (non-hydrogen) atoms. The van der Waals surface area contributed by atoms with Crippen molar-refractivity contribution in [3.8, 4) is 11.4 Å². The topological polar surface area (TPSA) is 30.2 Å². The third kappa shape index (κ3) is 4.95. The Morgan fingerprint density at radius 1 is 0.471 bits per heavy atom. The first-order valence-electron chi connectivity index (χ1n) is 17.2. The molecule has 4 heteroatoms. The van der Waals surface area contributed by atoms with Crippen LogP contribution in [0.4, 0.5) is 0 Å². The minimum Gasteiger partial charge on any atom is -0.309 e. The Kier molecular flexibility index (Phi) is 6.73. The van der Waals surface area contributed by atoms with Crippen LogP contribution in [-0.2, 0) is 0 Å². The van der Waals surface area contributed by atoms with Crippen LogP contribution in [0.5, 0.6) is 0 Å². The van der Waals surface area contributed by atoms with Crippen molar-refractivity contribution in [2.75, 3.05) is 0 Å². The van der Waals surface area contributed by atoms with Gasteiger partial charge in [0.25, 0.3) is 0 Å². The van der Waals surface area contributed by atoms with Gasteiger partial charge in [0, 0.05) is 53.1 Å². The van der Waals surface area contributed by atoms with Gasteiger partial charge in [-0.15, -0.1) is 11.3 Å². The van der Waals surface area contributed by atoms with E-state index in [1.807, 2.05) is 0 Å². The van der Waals surface area contributed by atoms with Crippen LogP contribution in [0.1, 0.15) is 5.69 Å². The van der Waals surface area contributed by atoms with Crippen LogP contribution in [0.15, 0.2) is 158 Å². The first-order valence-corrected chi connectivity index (χ1v) is 18.0. The Morgan fingerprint density at radius 2 is 1.10 bits per heavy atom. The van der Waals surface area contributed by atoms with Crippen LogP contribution in [0.2, 0.25) is 0 Å². The van der Waals surface area contributed by atoms with Crippen molar-refractivity contribution in [2.45, 2.75) is 6.92 Å². The quantitative estimate of drug-likeness (QED) is 0.174. The smallest absolute Gasteiger partial charge is 0.160 e. The van der Waals surface area contributed by atoms with Crippen LogP contribution in [0, 0.1) is 6.92 Å². The predicted molar refractivity (Wildman–Crippen MR) is 220 cm³/mol. The van der Waals surface area contributed by atoms with E-state index < -0.39 is 0 Å². The molecule has 0 fully saturated rings. The Bertz CT molecular complexity index is 3240. The van der Waals surface area contributed by atoms with E-state index in [0.717, 1.165) is 49.1 Å². The van der Waals surface area contributed by atoms with Crippen molar-refractivity contribution in [3.63, 3.8) is 0 Å². The molecule has 0 radical (unpaired) electrons. The van der Waals surface area contributed by atoms with Crippen molar-refractivity contribution in [1.82, 2.24) is 14.4 Å². The van der Waals surface area contributed by atoms with Gasteiger partial charge >= 0.3 is 0 Å². The molecule has 0 aliphatic carbocycles. The molecule has 0 atom stereocenters. The summed E-state index contributed by atoms with van der Waals surface area (Å²) in [5, 5.41) is 12.2. The van der Waals surface area contributed by atoms with E-state index in [2.05, 4.69) is 176 Å². The Hall–Kier alpha value is -6.36. The number of benzene rings is 7. The van der Waals surface area contributed by atoms with Crippen molar-refractivity contribution in [2.24, 2.45) is 0 Å². The van der Waals surface area contributed by atoms with Crippen LogP contribution < -0.4 is 5.35 Å². The Labute approximate surface area is 298 Å². The van der Waals surface area contributed by atoms with Crippen LogP contribution in [-0.4, -0.2) is 14.4 Å². The molecule has 0 saturated carbocycles. The maximum Gasteiger partial charge on any atom is 0.160 e. The summed E-state index contributed by atoms with van der Waals surface area (Å²) in [5.41, 5.74) is 5.33. The number of fused-ring (bicyclic) bond motifs is 16. The zero-order valence-corrected chi connectivity index (χ0v) is 28.8. The number of hydrogen-bond acceptors (Lipinski definition) is 3. The molecular formula is C47H31N3S. The fraction of sp³-hybridized carbons (Fsp3) is 0.0213. The Morgan fingerprint density at radius 3 is 1.96 bits per heavy atom. The molecule has 0 saturated heterocycles. The van der Waals surface area contributed by atoms with E-state index in [1.54, 1.807) is 11.3 Å². The highest BCUT2D eigenvalue weighted by Gasteiger charge is 2.11. The summed E-state index contributed by atoms with van der Waals surface area (Å²) >= 11 is 1.80. The van der Waals surface area contributed by atoms with Gasteiger partial charge in [-0.3, -0.25) is 0 Å². The summed E-state index contributed by atoms with van der Waals surface area (Å²) in [5.74, 6) is 0.640. The van der Waals surface area contributed by atoms with Gasteiger partial charge in [0.2, 0.25) is 0 Å². The summed E-state index contributed by atoms with van der Waals surface area (Å²) in [7, 11) is 0. The maximum absolute atomic E-state index is 5.25. The Balaban J connectivity index is 1.35. The van der Waals surface area contributed by atoms with Gasteiger partial charge in [-0.25, -0.2) is 9.97 Å². The molecule has 10 aromatic rings. The molecule has 10 rings (SSSR count). The number of nitrogens with zero attached hydrogens (tertiary/aromatic N) is 3. The van der Waals surface area contributed by atoms with E-state index in [1.165, 1.54) is 42.0 Å². The lowest BCUT2D eigenvalue weighted by Crippen LogP contribution is -2.05. The van der Waals surface area contributed by atoms with Gasteiger partial charge < -0.3 is 4.40 Å². The fourth-order valence-corrected chi connectivity index (χ4v) is 8.64. The summed E-state index contributed by atoms with van der Waals surface area (Å²) in [6, 6.07) is 56.7. The summed E-state index contributed by atoms with van der Waals surface area (Å²) in [6.07, 6.45) is 0. The third-order valence-electron chi connectivity index (χ3n) is 10.1. The maximum atomic E-state index is 5.25. The molecule has 0 spiro atoms. The van der Waals surface area contributed by atoms with Crippen molar-refractivity contribution in [3.05, 3.63) is 169 Å². The lowest BCUT2D eigenvalue weighted by Gasteiger charge is -2.04. The predicted octanol–water partition coefficient (Wildman–Crippen LogP) is 12.2. The minimum absolute atomic E-state index is 0.640. The molecule has 3 aromatic heterocycles. The largest absolute Gasteiger partial charge is 0.309 e. The monoisotopic (exact) mass is 669 g/mol. The van der Waals surface area contributed by atoms with Gasteiger partial charge in [-0.1, -0.05) is 116 Å². The molecule has 0 unspecified atom stereocenters. The highest BCUT2D eigenvalue weighted by Crippen LogP contribution is 2.36. The molecule has 240 valence electrons. The highest BCUT2D eigenvalue weighted by molar-refractivity contribution is 7.25. The molecule has 3 nitrogen and oxygen atoms in total. The fourth-order valence-electron chi connectivity index (χ4n) is 7.49. The lowest BCUT2D eigenvalue weighted by atomic mass is 10.1. The number of aromatic nitrogens is 3. The molecule has 0 N–H and O–H groups in total. The second-order valence-electron chi connectivity index (χ2n) is 13.2. The SMILES string of the molecule is C=c1nc(-c2ccc3c(c2)sc2ccccc23)nc(C)c2cccc(c2)c2cccc(c2)n2c3ccccc3c3ccc(cc32)c2cccc1c2. The minimum atomic E-state index is 0.640. The number of rotatable bonds is 1. The molecule has 7 aromatic carbocycles. The van der Waals surface area contributed by atoms with Crippen molar-refractivity contribution in [1.29, 1.82) is 0 Å².